The van der Waals surface area contributed by atoms with Gasteiger partial charge in [0.2, 0.25) is 0 Å². The predicted molar refractivity (Wildman–Crippen MR) is 77.3 cm³/mol. The van der Waals surface area contributed by atoms with Crippen molar-refractivity contribution in [3.63, 3.8) is 0 Å². The van der Waals surface area contributed by atoms with E-state index < -0.39 is 14.6 Å². The van der Waals surface area contributed by atoms with Crippen LogP contribution in [0.25, 0.3) is 0 Å². The molecule has 0 unspecified atom stereocenters. The first kappa shape index (κ1) is 15.9. The zero-order valence-corrected chi connectivity index (χ0v) is 13.4. The molecule has 0 spiro atoms. The molecule has 5 nitrogen and oxygen atoms in total. The maximum atomic E-state index is 12.9. The van der Waals surface area contributed by atoms with E-state index in [9.17, 15) is 12.8 Å². The molecule has 0 aliphatic heterocycles. The van der Waals surface area contributed by atoms with Crippen molar-refractivity contribution in [2.75, 3.05) is 0 Å². The van der Waals surface area contributed by atoms with Crippen LogP contribution < -0.4 is 0 Å². The van der Waals surface area contributed by atoms with Gasteiger partial charge in [0.15, 0.2) is 0 Å². The Hall–Kier alpha value is -1.47. The van der Waals surface area contributed by atoms with E-state index in [4.69, 9.17) is 10.7 Å². The highest BCUT2D eigenvalue weighted by Crippen LogP contribution is 2.25. The topological polar surface area (TPSA) is 64.8 Å². The third-order valence-electron chi connectivity index (χ3n) is 2.86. The smallest absolute Gasteiger partial charge is 0.295 e. The molecule has 0 aliphatic rings. The van der Waals surface area contributed by atoms with Gasteiger partial charge in [0.25, 0.3) is 14.2 Å². The summed E-state index contributed by atoms with van der Waals surface area (Å²) in [5.41, 5.74) is 0.240. The van der Waals surface area contributed by atoms with E-state index >= 15 is 0 Å². The van der Waals surface area contributed by atoms with Gasteiger partial charge in [-0.1, -0.05) is 12.1 Å². The number of hydrogen-bond donors (Lipinski definition) is 0. The third kappa shape index (κ3) is 3.59. The van der Waals surface area contributed by atoms with Crippen LogP contribution in [0.5, 0.6) is 0 Å². The van der Waals surface area contributed by atoms with Crippen molar-refractivity contribution in [2.45, 2.75) is 37.9 Å². The summed E-state index contributed by atoms with van der Waals surface area (Å²) in [6.07, 6.45) is 0.330. The Kier molecular flexibility index (Phi) is 4.08. The van der Waals surface area contributed by atoms with Gasteiger partial charge in [-0.15, -0.1) is 10.2 Å². The zero-order valence-electron chi connectivity index (χ0n) is 11.8. The zero-order chi connectivity index (χ0) is 15.8. The highest BCUT2D eigenvalue weighted by atomic mass is 35.7. The molecule has 0 amide bonds. The largest absolute Gasteiger partial charge is 0.296 e. The fourth-order valence-corrected chi connectivity index (χ4v) is 3.07. The summed E-state index contributed by atoms with van der Waals surface area (Å²) in [7, 11) is 1.41. The molecule has 21 heavy (non-hydrogen) atoms. The molecule has 0 saturated carbocycles. The number of nitrogens with zero attached hydrogens (tertiary/aromatic N) is 3. The summed E-state index contributed by atoms with van der Waals surface area (Å²) >= 11 is 0. The maximum Gasteiger partial charge on any atom is 0.296 e. The van der Waals surface area contributed by atoms with Gasteiger partial charge in [-0.05, 0) is 38.5 Å². The van der Waals surface area contributed by atoms with Gasteiger partial charge in [-0.25, -0.2) is 12.8 Å². The fraction of sp³-hybridized carbons (Fsp3) is 0.385. The molecule has 0 saturated heterocycles. The summed E-state index contributed by atoms with van der Waals surface area (Å²) in [4.78, 5) is 0. The Labute approximate surface area is 127 Å². The van der Waals surface area contributed by atoms with Crippen molar-refractivity contribution >= 4 is 19.7 Å². The molecule has 114 valence electrons. The van der Waals surface area contributed by atoms with Crippen LogP contribution in [-0.4, -0.2) is 23.2 Å². The Balaban J connectivity index is 2.50. The van der Waals surface area contributed by atoms with Crippen LogP contribution in [0, 0.1) is 5.82 Å². The SMILES string of the molecule is CC(C)(C)n1c(Cc2ccc(F)cc2)nnc1S(=O)(=O)Cl. The van der Waals surface area contributed by atoms with E-state index in [0.29, 0.717) is 12.2 Å². The van der Waals surface area contributed by atoms with E-state index in [1.165, 1.54) is 16.7 Å². The summed E-state index contributed by atoms with van der Waals surface area (Å²) in [6, 6.07) is 5.91. The van der Waals surface area contributed by atoms with E-state index in [0.717, 1.165) is 5.56 Å². The monoisotopic (exact) mass is 331 g/mol. The van der Waals surface area contributed by atoms with Gasteiger partial charge in [0.1, 0.15) is 11.6 Å². The van der Waals surface area contributed by atoms with Crippen LogP contribution in [0.1, 0.15) is 32.2 Å². The first-order valence-corrected chi connectivity index (χ1v) is 8.54. The van der Waals surface area contributed by atoms with Crippen LogP contribution in [0.2, 0.25) is 0 Å². The van der Waals surface area contributed by atoms with E-state index in [1.54, 1.807) is 12.1 Å². The molecule has 2 aromatic rings. The second kappa shape index (κ2) is 5.38. The molecule has 0 N–H and O–H groups in total. The number of halogens is 2. The first-order chi connectivity index (χ1) is 9.59. The minimum atomic E-state index is -3.99. The van der Waals surface area contributed by atoms with Gasteiger partial charge in [0, 0.05) is 22.6 Å². The summed E-state index contributed by atoms with van der Waals surface area (Å²) in [5, 5.41) is 7.33. The molecule has 0 radical (unpaired) electrons. The number of aromatic nitrogens is 3. The quantitative estimate of drug-likeness (QED) is 0.811. The normalized spacial score (nSPS) is 12.6. The van der Waals surface area contributed by atoms with Crippen molar-refractivity contribution in [1.82, 2.24) is 14.8 Å². The lowest BCUT2D eigenvalue weighted by molar-refractivity contribution is 0.352. The average Bonchev–Trinajstić information content (AvgIpc) is 2.75. The Morgan fingerprint density at radius 1 is 1.19 bits per heavy atom. The Morgan fingerprint density at radius 3 is 2.24 bits per heavy atom. The van der Waals surface area contributed by atoms with E-state index in [-0.39, 0.29) is 11.0 Å². The molecule has 2 rings (SSSR count). The molecule has 0 bridgehead atoms. The molecular formula is C13H15ClFN3O2S. The minimum Gasteiger partial charge on any atom is -0.295 e. The summed E-state index contributed by atoms with van der Waals surface area (Å²) in [6.45, 7) is 5.49. The Morgan fingerprint density at radius 2 is 1.76 bits per heavy atom. The predicted octanol–water partition coefficient (Wildman–Crippen LogP) is 2.69. The minimum absolute atomic E-state index is 0.284. The van der Waals surface area contributed by atoms with Gasteiger partial charge >= 0.3 is 0 Å². The first-order valence-electron chi connectivity index (χ1n) is 6.23. The fourth-order valence-electron chi connectivity index (χ4n) is 2.03. The average molecular weight is 332 g/mol. The lowest BCUT2D eigenvalue weighted by Gasteiger charge is -2.24. The van der Waals surface area contributed by atoms with Gasteiger partial charge < -0.3 is 0 Å². The third-order valence-corrected chi connectivity index (χ3v) is 3.98. The summed E-state index contributed by atoms with van der Waals surface area (Å²) in [5.74, 6) is 0.119. The van der Waals surface area contributed by atoms with Gasteiger partial charge in [-0.3, -0.25) is 4.57 Å². The molecule has 1 heterocycles. The van der Waals surface area contributed by atoms with E-state index in [2.05, 4.69) is 10.2 Å². The second-order valence-electron chi connectivity index (χ2n) is 5.65. The molecule has 0 fully saturated rings. The molecular weight excluding hydrogens is 317 g/mol. The standard InChI is InChI=1S/C13H15ClFN3O2S/c1-13(2,3)18-11(16-17-12(18)21(14,19)20)8-9-4-6-10(15)7-5-9/h4-7H,8H2,1-3H3. The van der Waals surface area contributed by atoms with Crippen molar-refractivity contribution < 1.29 is 12.8 Å². The number of benzene rings is 1. The molecule has 8 heteroatoms. The van der Waals surface area contributed by atoms with Crippen molar-refractivity contribution in [3.05, 3.63) is 41.5 Å². The van der Waals surface area contributed by atoms with Crippen LogP contribution in [0.15, 0.2) is 29.4 Å². The van der Waals surface area contributed by atoms with Crippen LogP contribution in [0.4, 0.5) is 4.39 Å². The highest BCUT2D eigenvalue weighted by molar-refractivity contribution is 8.13. The lowest BCUT2D eigenvalue weighted by atomic mass is 10.1. The lowest BCUT2D eigenvalue weighted by Crippen LogP contribution is -2.27. The van der Waals surface area contributed by atoms with Crippen LogP contribution in [-0.2, 0) is 21.0 Å². The van der Waals surface area contributed by atoms with Crippen molar-refractivity contribution in [2.24, 2.45) is 0 Å². The van der Waals surface area contributed by atoms with Gasteiger partial charge in [0.05, 0.1) is 0 Å². The van der Waals surface area contributed by atoms with Crippen LogP contribution in [0.3, 0.4) is 0 Å². The van der Waals surface area contributed by atoms with Gasteiger partial charge in [-0.2, -0.15) is 0 Å². The van der Waals surface area contributed by atoms with Crippen LogP contribution >= 0.6 is 10.7 Å². The van der Waals surface area contributed by atoms with E-state index in [1.807, 2.05) is 20.8 Å². The summed E-state index contributed by atoms with van der Waals surface area (Å²) < 4.78 is 37.6. The molecule has 0 aliphatic carbocycles. The number of rotatable bonds is 3. The van der Waals surface area contributed by atoms with Crippen molar-refractivity contribution in [3.8, 4) is 0 Å². The second-order valence-corrected chi connectivity index (χ2v) is 8.11. The van der Waals surface area contributed by atoms with Crippen molar-refractivity contribution in [1.29, 1.82) is 0 Å². The molecule has 1 aromatic heterocycles. The number of hydrogen-bond acceptors (Lipinski definition) is 4. The maximum absolute atomic E-state index is 12.9. The Bertz CT molecular complexity index is 749. The highest BCUT2D eigenvalue weighted by Gasteiger charge is 2.29. The molecule has 0 atom stereocenters. The molecule has 1 aromatic carbocycles.